The fourth-order valence-electron chi connectivity index (χ4n) is 2.30. The molecule has 0 fully saturated rings. The molecule has 0 aliphatic heterocycles. The van der Waals surface area contributed by atoms with Gasteiger partial charge >= 0.3 is 0 Å². The molecular formula is C18H13F2N3S. The lowest BCUT2D eigenvalue weighted by molar-refractivity contribution is 0.583. The van der Waals surface area contributed by atoms with Crippen LogP contribution >= 0.6 is 12.2 Å². The average molecular weight is 341 g/mol. The maximum absolute atomic E-state index is 13.1. The minimum absolute atomic E-state index is 0.277. The number of fused-ring (bicyclic) bond motifs is 1. The summed E-state index contributed by atoms with van der Waals surface area (Å²) in [5.74, 6) is -1.32. The summed E-state index contributed by atoms with van der Waals surface area (Å²) in [4.78, 5) is 0. The Bertz CT molecular complexity index is 900. The standard InChI is InChI=1S/C18H13F2N3S/c19-14-8-12(9-15(20)10-14)11-21-23-18(24)22-17-7-3-5-13-4-1-2-6-16(13)17/h1-11H,(H2,22,23,24)/b21-11+. The van der Waals surface area contributed by atoms with Crippen LogP contribution in [0.2, 0.25) is 0 Å². The normalized spacial score (nSPS) is 10.9. The van der Waals surface area contributed by atoms with Crippen molar-refractivity contribution in [3.63, 3.8) is 0 Å². The molecule has 0 unspecified atom stereocenters. The average Bonchev–Trinajstić information content (AvgIpc) is 2.54. The molecule has 0 atom stereocenters. The van der Waals surface area contributed by atoms with Gasteiger partial charge in [0.25, 0.3) is 0 Å². The van der Waals surface area contributed by atoms with Crippen LogP contribution in [0.1, 0.15) is 5.56 Å². The number of hydrogen-bond acceptors (Lipinski definition) is 2. The first kappa shape index (κ1) is 16.0. The molecule has 0 heterocycles. The maximum Gasteiger partial charge on any atom is 0.191 e. The van der Waals surface area contributed by atoms with Crippen molar-refractivity contribution in [1.29, 1.82) is 0 Å². The Hall–Kier alpha value is -2.86. The predicted octanol–water partition coefficient (Wildman–Crippen LogP) is 4.44. The van der Waals surface area contributed by atoms with Crippen LogP contribution in [0.3, 0.4) is 0 Å². The summed E-state index contributed by atoms with van der Waals surface area (Å²) < 4.78 is 26.2. The number of halogens is 2. The van der Waals surface area contributed by atoms with E-state index >= 15 is 0 Å². The molecular weight excluding hydrogens is 328 g/mol. The van der Waals surface area contributed by atoms with Crippen molar-refractivity contribution in [2.24, 2.45) is 5.10 Å². The molecule has 0 saturated carbocycles. The fourth-order valence-corrected chi connectivity index (χ4v) is 2.46. The first-order valence-electron chi connectivity index (χ1n) is 7.16. The summed E-state index contributed by atoms with van der Waals surface area (Å²) in [7, 11) is 0. The first-order valence-corrected chi connectivity index (χ1v) is 7.56. The topological polar surface area (TPSA) is 36.4 Å². The Morgan fingerprint density at radius 3 is 2.46 bits per heavy atom. The molecule has 0 aliphatic rings. The molecule has 2 N–H and O–H groups in total. The van der Waals surface area contributed by atoms with Crippen molar-refractivity contribution in [1.82, 2.24) is 5.43 Å². The lowest BCUT2D eigenvalue weighted by Crippen LogP contribution is -2.23. The molecule has 0 saturated heterocycles. The third-order valence-corrected chi connectivity index (χ3v) is 3.50. The van der Waals surface area contributed by atoms with E-state index in [4.69, 9.17) is 12.2 Å². The van der Waals surface area contributed by atoms with Crippen LogP contribution in [0.15, 0.2) is 65.8 Å². The van der Waals surface area contributed by atoms with E-state index in [1.165, 1.54) is 18.3 Å². The molecule has 0 bridgehead atoms. The zero-order valence-electron chi connectivity index (χ0n) is 12.5. The van der Waals surface area contributed by atoms with E-state index < -0.39 is 11.6 Å². The Labute approximate surface area is 143 Å². The molecule has 3 aromatic rings. The summed E-state index contributed by atoms with van der Waals surface area (Å²) >= 11 is 5.18. The minimum atomic E-state index is -0.659. The molecule has 6 heteroatoms. The van der Waals surface area contributed by atoms with Gasteiger partial charge in [-0.05, 0) is 35.8 Å². The van der Waals surface area contributed by atoms with Crippen LogP contribution < -0.4 is 10.7 Å². The second kappa shape index (κ2) is 7.14. The Kier molecular flexibility index (Phi) is 4.77. The highest BCUT2D eigenvalue weighted by molar-refractivity contribution is 7.80. The molecule has 0 aromatic heterocycles. The van der Waals surface area contributed by atoms with Gasteiger partial charge in [0.2, 0.25) is 0 Å². The SMILES string of the molecule is Fc1cc(F)cc(/C=N/NC(=S)Nc2cccc3ccccc23)c1. The van der Waals surface area contributed by atoms with E-state index in [0.717, 1.165) is 22.5 Å². The maximum atomic E-state index is 13.1. The molecule has 0 aliphatic carbocycles. The van der Waals surface area contributed by atoms with Gasteiger partial charge < -0.3 is 5.32 Å². The molecule has 3 rings (SSSR count). The molecule has 0 amide bonds. The second-order valence-electron chi connectivity index (χ2n) is 5.05. The molecule has 120 valence electrons. The summed E-state index contributed by atoms with van der Waals surface area (Å²) in [5.41, 5.74) is 3.77. The van der Waals surface area contributed by atoms with Crippen LogP contribution in [0.5, 0.6) is 0 Å². The number of nitrogens with one attached hydrogen (secondary N) is 2. The van der Waals surface area contributed by atoms with E-state index in [9.17, 15) is 8.78 Å². The first-order chi connectivity index (χ1) is 11.6. The van der Waals surface area contributed by atoms with Gasteiger partial charge in [0.05, 0.1) is 6.21 Å². The Morgan fingerprint density at radius 1 is 0.958 bits per heavy atom. The number of nitrogens with zero attached hydrogens (tertiary/aromatic N) is 1. The number of anilines is 1. The van der Waals surface area contributed by atoms with E-state index in [1.54, 1.807) is 0 Å². The summed E-state index contributed by atoms with van der Waals surface area (Å²) in [5, 5.41) is 9.33. The monoisotopic (exact) mass is 341 g/mol. The zero-order chi connectivity index (χ0) is 16.9. The van der Waals surface area contributed by atoms with Crippen molar-refractivity contribution in [2.75, 3.05) is 5.32 Å². The largest absolute Gasteiger partial charge is 0.331 e. The van der Waals surface area contributed by atoms with Gasteiger partial charge in [-0.15, -0.1) is 0 Å². The second-order valence-corrected chi connectivity index (χ2v) is 5.46. The highest BCUT2D eigenvalue weighted by Crippen LogP contribution is 2.22. The molecule has 0 spiro atoms. The third kappa shape index (κ3) is 3.91. The third-order valence-electron chi connectivity index (χ3n) is 3.30. The fraction of sp³-hybridized carbons (Fsp3) is 0. The summed E-state index contributed by atoms with van der Waals surface area (Å²) in [6.45, 7) is 0. The van der Waals surface area contributed by atoms with Crippen molar-refractivity contribution in [3.8, 4) is 0 Å². The quantitative estimate of drug-likeness (QED) is 0.420. The van der Waals surface area contributed by atoms with E-state index in [1.807, 2.05) is 42.5 Å². The van der Waals surface area contributed by atoms with Crippen molar-refractivity contribution >= 4 is 40.0 Å². The van der Waals surface area contributed by atoms with Crippen LogP contribution in [-0.4, -0.2) is 11.3 Å². The summed E-state index contributed by atoms with van der Waals surface area (Å²) in [6.07, 6.45) is 1.29. The Morgan fingerprint density at radius 2 is 1.67 bits per heavy atom. The van der Waals surface area contributed by atoms with Gasteiger partial charge in [-0.2, -0.15) is 5.10 Å². The lowest BCUT2D eigenvalue weighted by atomic mass is 10.1. The van der Waals surface area contributed by atoms with E-state index in [2.05, 4.69) is 15.8 Å². The number of hydrazone groups is 1. The van der Waals surface area contributed by atoms with Crippen LogP contribution in [0.25, 0.3) is 10.8 Å². The molecule has 3 nitrogen and oxygen atoms in total. The highest BCUT2D eigenvalue weighted by atomic mass is 32.1. The molecule has 24 heavy (non-hydrogen) atoms. The van der Waals surface area contributed by atoms with Crippen LogP contribution in [-0.2, 0) is 0 Å². The number of benzene rings is 3. The zero-order valence-corrected chi connectivity index (χ0v) is 13.3. The van der Waals surface area contributed by atoms with Gasteiger partial charge in [-0.3, -0.25) is 5.43 Å². The summed E-state index contributed by atoms with van der Waals surface area (Å²) in [6, 6.07) is 16.9. The van der Waals surface area contributed by atoms with E-state index in [0.29, 0.717) is 5.56 Å². The van der Waals surface area contributed by atoms with Gasteiger partial charge in [-0.25, -0.2) is 8.78 Å². The predicted molar refractivity (Wildman–Crippen MR) is 97.3 cm³/mol. The number of thiocarbonyl (C=S) groups is 1. The lowest BCUT2D eigenvalue weighted by Gasteiger charge is -2.10. The van der Waals surface area contributed by atoms with Gasteiger partial charge in [0, 0.05) is 22.7 Å². The minimum Gasteiger partial charge on any atom is -0.331 e. The number of hydrogen-bond donors (Lipinski definition) is 2. The smallest absolute Gasteiger partial charge is 0.191 e. The molecule has 0 radical (unpaired) electrons. The van der Waals surface area contributed by atoms with Gasteiger partial charge in [0.15, 0.2) is 5.11 Å². The number of rotatable bonds is 3. The van der Waals surface area contributed by atoms with Crippen molar-refractivity contribution in [3.05, 3.63) is 77.9 Å². The van der Waals surface area contributed by atoms with E-state index in [-0.39, 0.29) is 5.11 Å². The van der Waals surface area contributed by atoms with Crippen LogP contribution in [0, 0.1) is 11.6 Å². The van der Waals surface area contributed by atoms with Crippen molar-refractivity contribution in [2.45, 2.75) is 0 Å². The van der Waals surface area contributed by atoms with Gasteiger partial charge in [0.1, 0.15) is 11.6 Å². The Balaban J connectivity index is 1.68. The van der Waals surface area contributed by atoms with Crippen molar-refractivity contribution < 1.29 is 8.78 Å². The van der Waals surface area contributed by atoms with Crippen LogP contribution in [0.4, 0.5) is 14.5 Å². The molecule has 3 aromatic carbocycles. The van der Waals surface area contributed by atoms with Gasteiger partial charge in [-0.1, -0.05) is 36.4 Å². The highest BCUT2D eigenvalue weighted by Gasteiger charge is 2.02.